The highest BCUT2D eigenvalue weighted by atomic mass is 32.2. The lowest BCUT2D eigenvalue weighted by Gasteiger charge is -2.43. The molecule has 158 valence electrons. The Kier molecular flexibility index (Phi) is 7.08. The number of oxazole rings is 1. The van der Waals surface area contributed by atoms with Gasteiger partial charge in [0.25, 0.3) is 5.91 Å². The van der Waals surface area contributed by atoms with Crippen molar-refractivity contribution in [2.24, 2.45) is 0 Å². The number of hydrogen-bond donors (Lipinski definition) is 1. The molecule has 3 heterocycles. The number of sulfonamides is 1. The largest absolute Gasteiger partial charge is 0.438 e. The summed E-state index contributed by atoms with van der Waals surface area (Å²) in [7, 11) is -3.14. The summed E-state index contributed by atoms with van der Waals surface area (Å²) in [5.74, 6) is -0.00657. The van der Waals surface area contributed by atoms with Crippen LogP contribution in [0.15, 0.2) is 10.8 Å². The lowest BCUT2D eigenvalue weighted by molar-refractivity contribution is 0.00744. The standard InChI is InChI=1S/C18H30N4O5S/c1-14-17(27-13-20-14)18(23)19-7-10-22(16-5-11-26-12-6-16)15-3-8-21(9-4-15)28(2,24)25/h13,15-16H,3-12H2,1-2H3,(H,19,23). The molecular formula is C18H30N4O5S. The normalized spacial score (nSPS) is 20.5. The van der Waals surface area contributed by atoms with E-state index in [0.717, 1.165) is 38.9 Å². The van der Waals surface area contributed by atoms with Crippen molar-refractivity contribution >= 4 is 15.9 Å². The van der Waals surface area contributed by atoms with Crippen LogP contribution >= 0.6 is 0 Å². The lowest BCUT2D eigenvalue weighted by atomic mass is 9.98. The molecular weight excluding hydrogens is 384 g/mol. The molecule has 2 saturated heterocycles. The van der Waals surface area contributed by atoms with E-state index in [1.165, 1.54) is 12.6 Å². The molecule has 0 bridgehead atoms. The quantitative estimate of drug-likeness (QED) is 0.697. The summed E-state index contributed by atoms with van der Waals surface area (Å²) in [6.07, 6.45) is 6.07. The molecule has 3 rings (SSSR count). The molecule has 2 aliphatic rings. The van der Waals surface area contributed by atoms with Crippen molar-refractivity contribution in [2.45, 2.75) is 44.7 Å². The van der Waals surface area contributed by atoms with Gasteiger partial charge in [0.15, 0.2) is 6.39 Å². The molecule has 10 heteroatoms. The number of amides is 1. The Morgan fingerprint density at radius 1 is 1.25 bits per heavy atom. The molecule has 0 spiro atoms. The van der Waals surface area contributed by atoms with Gasteiger partial charge in [-0.1, -0.05) is 0 Å². The smallest absolute Gasteiger partial charge is 0.289 e. The first-order valence-electron chi connectivity index (χ1n) is 9.83. The van der Waals surface area contributed by atoms with Gasteiger partial charge in [-0.3, -0.25) is 9.69 Å². The van der Waals surface area contributed by atoms with Crippen LogP contribution in [0.1, 0.15) is 41.9 Å². The number of carbonyl (C=O) groups is 1. The van der Waals surface area contributed by atoms with E-state index in [1.807, 2.05) is 0 Å². The van der Waals surface area contributed by atoms with Crippen molar-refractivity contribution in [3.8, 4) is 0 Å². The predicted molar refractivity (Wildman–Crippen MR) is 104 cm³/mol. The summed E-state index contributed by atoms with van der Waals surface area (Å²) in [4.78, 5) is 18.6. The molecule has 0 aliphatic carbocycles. The second-order valence-corrected chi connectivity index (χ2v) is 9.48. The average Bonchev–Trinajstić information content (AvgIpc) is 3.11. The van der Waals surface area contributed by atoms with Crippen LogP contribution in [0, 0.1) is 6.92 Å². The maximum atomic E-state index is 12.3. The number of carbonyl (C=O) groups excluding carboxylic acids is 1. The van der Waals surface area contributed by atoms with Crippen LogP contribution in [0.4, 0.5) is 0 Å². The number of aryl methyl sites for hydroxylation is 1. The average molecular weight is 415 g/mol. The Bertz CT molecular complexity index is 752. The van der Waals surface area contributed by atoms with E-state index in [1.54, 1.807) is 11.2 Å². The van der Waals surface area contributed by atoms with Crippen molar-refractivity contribution in [1.29, 1.82) is 0 Å². The number of aromatic nitrogens is 1. The second-order valence-electron chi connectivity index (χ2n) is 7.50. The van der Waals surface area contributed by atoms with Crippen molar-refractivity contribution in [1.82, 2.24) is 19.5 Å². The molecule has 1 aromatic rings. The third-order valence-electron chi connectivity index (χ3n) is 5.63. The Balaban J connectivity index is 1.58. The molecule has 0 radical (unpaired) electrons. The molecule has 2 fully saturated rings. The third-order valence-corrected chi connectivity index (χ3v) is 6.93. The van der Waals surface area contributed by atoms with Gasteiger partial charge < -0.3 is 14.5 Å². The van der Waals surface area contributed by atoms with Crippen LogP contribution < -0.4 is 5.32 Å². The summed E-state index contributed by atoms with van der Waals surface area (Å²) >= 11 is 0. The van der Waals surface area contributed by atoms with E-state index in [0.29, 0.717) is 44.0 Å². The van der Waals surface area contributed by atoms with Crippen LogP contribution in [-0.4, -0.2) is 86.2 Å². The van der Waals surface area contributed by atoms with E-state index in [-0.39, 0.29) is 11.7 Å². The van der Waals surface area contributed by atoms with Gasteiger partial charge in [-0.05, 0) is 32.6 Å². The minimum Gasteiger partial charge on any atom is -0.438 e. The Morgan fingerprint density at radius 3 is 2.46 bits per heavy atom. The summed E-state index contributed by atoms with van der Waals surface area (Å²) < 4.78 is 35.8. The monoisotopic (exact) mass is 414 g/mol. The molecule has 0 atom stereocenters. The third kappa shape index (κ3) is 5.31. The Labute approximate surface area is 166 Å². The lowest BCUT2D eigenvalue weighted by Crippen LogP contribution is -2.53. The molecule has 0 saturated carbocycles. The van der Waals surface area contributed by atoms with E-state index in [2.05, 4.69) is 15.2 Å². The number of nitrogens with zero attached hydrogens (tertiary/aromatic N) is 3. The van der Waals surface area contributed by atoms with Gasteiger partial charge in [0, 0.05) is 51.5 Å². The van der Waals surface area contributed by atoms with Crippen LogP contribution in [-0.2, 0) is 14.8 Å². The fourth-order valence-electron chi connectivity index (χ4n) is 4.08. The molecule has 1 N–H and O–H groups in total. The van der Waals surface area contributed by atoms with Gasteiger partial charge in [-0.15, -0.1) is 0 Å². The van der Waals surface area contributed by atoms with E-state index in [4.69, 9.17) is 9.15 Å². The summed E-state index contributed by atoms with van der Waals surface area (Å²) in [6, 6.07) is 0.706. The molecule has 28 heavy (non-hydrogen) atoms. The van der Waals surface area contributed by atoms with E-state index >= 15 is 0 Å². The van der Waals surface area contributed by atoms with Gasteiger partial charge in [0.1, 0.15) is 0 Å². The minimum absolute atomic E-state index is 0.249. The first-order valence-corrected chi connectivity index (χ1v) is 11.7. The first kappa shape index (κ1) is 21.2. The minimum atomic E-state index is -3.14. The molecule has 0 unspecified atom stereocenters. The van der Waals surface area contributed by atoms with Crippen molar-refractivity contribution < 1.29 is 22.4 Å². The molecule has 0 aromatic carbocycles. The van der Waals surface area contributed by atoms with Gasteiger partial charge in [-0.25, -0.2) is 17.7 Å². The second kappa shape index (κ2) is 9.34. The van der Waals surface area contributed by atoms with Gasteiger partial charge >= 0.3 is 0 Å². The highest BCUT2D eigenvalue weighted by Crippen LogP contribution is 2.24. The van der Waals surface area contributed by atoms with Crippen LogP contribution in [0.2, 0.25) is 0 Å². The van der Waals surface area contributed by atoms with Crippen LogP contribution in [0.25, 0.3) is 0 Å². The van der Waals surface area contributed by atoms with Crippen molar-refractivity contribution in [3.63, 3.8) is 0 Å². The number of hydrogen-bond acceptors (Lipinski definition) is 7. The maximum absolute atomic E-state index is 12.3. The zero-order valence-corrected chi connectivity index (χ0v) is 17.4. The van der Waals surface area contributed by atoms with Crippen LogP contribution in [0.5, 0.6) is 0 Å². The fraction of sp³-hybridized carbons (Fsp3) is 0.778. The molecule has 9 nitrogen and oxygen atoms in total. The Hall–Kier alpha value is -1.49. The SMILES string of the molecule is Cc1ncoc1C(=O)NCCN(C1CCOCC1)C1CCN(S(C)(=O)=O)CC1. The first-order chi connectivity index (χ1) is 13.4. The summed E-state index contributed by atoms with van der Waals surface area (Å²) in [6.45, 7) is 5.54. The van der Waals surface area contributed by atoms with Gasteiger partial charge in [0.2, 0.25) is 15.8 Å². The predicted octanol–water partition coefficient (Wildman–Crippen LogP) is 0.618. The maximum Gasteiger partial charge on any atom is 0.289 e. The van der Waals surface area contributed by atoms with Crippen molar-refractivity contribution in [2.75, 3.05) is 45.6 Å². The topological polar surface area (TPSA) is 105 Å². The molecule has 1 amide bonds. The van der Waals surface area contributed by atoms with E-state index in [9.17, 15) is 13.2 Å². The van der Waals surface area contributed by atoms with Crippen molar-refractivity contribution in [3.05, 3.63) is 17.8 Å². The van der Waals surface area contributed by atoms with E-state index < -0.39 is 10.0 Å². The van der Waals surface area contributed by atoms with Gasteiger partial charge in [0.05, 0.1) is 11.9 Å². The zero-order valence-electron chi connectivity index (χ0n) is 16.6. The van der Waals surface area contributed by atoms with Crippen LogP contribution in [0.3, 0.4) is 0 Å². The number of rotatable bonds is 7. The number of ether oxygens (including phenoxy) is 1. The number of nitrogens with one attached hydrogen (secondary N) is 1. The summed E-state index contributed by atoms with van der Waals surface area (Å²) in [5, 5.41) is 2.92. The van der Waals surface area contributed by atoms with Gasteiger partial charge in [-0.2, -0.15) is 0 Å². The highest BCUT2D eigenvalue weighted by Gasteiger charge is 2.32. The number of piperidine rings is 1. The Morgan fingerprint density at radius 2 is 1.89 bits per heavy atom. The molecule has 2 aliphatic heterocycles. The summed E-state index contributed by atoms with van der Waals surface area (Å²) in [5.41, 5.74) is 0.576. The molecule has 1 aromatic heterocycles. The highest BCUT2D eigenvalue weighted by molar-refractivity contribution is 7.88. The fourth-order valence-corrected chi connectivity index (χ4v) is 4.96. The zero-order chi connectivity index (χ0) is 20.1.